The fourth-order valence-corrected chi connectivity index (χ4v) is 2.51. The van der Waals surface area contributed by atoms with Crippen LogP contribution < -0.4 is 0 Å². The second-order valence-electron chi connectivity index (χ2n) is 3.56. The first-order valence-corrected chi connectivity index (χ1v) is 6.15. The Morgan fingerprint density at radius 2 is 2.33 bits per heavy atom. The summed E-state index contributed by atoms with van der Waals surface area (Å²) >= 11 is 7.92. The molecule has 0 aliphatic carbocycles. The Morgan fingerprint density at radius 3 is 3.00 bits per heavy atom. The van der Waals surface area contributed by atoms with Gasteiger partial charge in [-0.25, -0.2) is 0 Å². The summed E-state index contributed by atoms with van der Waals surface area (Å²) in [5.41, 5.74) is 4.38. The van der Waals surface area contributed by atoms with Gasteiger partial charge in [0.1, 0.15) is 0 Å². The number of thiazole rings is 1. The van der Waals surface area contributed by atoms with Crippen molar-refractivity contribution in [1.82, 2.24) is 4.98 Å². The van der Waals surface area contributed by atoms with E-state index in [1.807, 2.05) is 11.7 Å². The van der Waals surface area contributed by atoms with Crippen molar-refractivity contribution in [3.63, 3.8) is 0 Å². The van der Waals surface area contributed by atoms with Crippen molar-refractivity contribution in [2.75, 3.05) is 0 Å². The molecule has 1 unspecified atom stereocenters. The first kappa shape index (κ1) is 10.7. The molecule has 0 aliphatic heterocycles. The molecule has 3 heteroatoms. The van der Waals surface area contributed by atoms with E-state index in [0.29, 0.717) is 0 Å². The van der Waals surface area contributed by atoms with Crippen molar-refractivity contribution in [2.24, 2.45) is 0 Å². The van der Waals surface area contributed by atoms with Crippen LogP contribution >= 0.6 is 22.9 Å². The van der Waals surface area contributed by atoms with Crippen LogP contribution in [-0.2, 0) is 6.42 Å². The number of rotatable bonds is 3. The Kier molecular flexibility index (Phi) is 3.39. The van der Waals surface area contributed by atoms with Gasteiger partial charge < -0.3 is 0 Å². The molecular weight excluding hydrogens is 226 g/mol. The molecule has 2 rings (SSSR count). The summed E-state index contributed by atoms with van der Waals surface area (Å²) in [4.78, 5) is 5.17. The van der Waals surface area contributed by atoms with E-state index in [2.05, 4.69) is 36.2 Å². The molecule has 0 spiro atoms. The molecule has 1 heterocycles. The van der Waals surface area contributed by atoms with Crippen molar-refractivity contribution in [3.05, 3.63) is 52.0 Å². The second-order valence-corrected chi connectivity index (χ2v) is 5.01. The summed E-state index contributed by atoms with van der Waals surface area (Å²) in [7, 11) is 0. The molecule has 1 aromatic heterocycles. The molecule has 0 fully saturated rings. The zero-order valence-electron chi connectivity index (χ0n) is 8.48. The molecule has 1 atom stereocenters. The lowest BCUT2D eigenvalue weighted by Crippen LogP contribution is -1.93. The van der Waals surface area contributed by atoms with E-state index in [1.165, 1.54) is 11.1 Å². The number of hydrogen-bond acceptors (Lipinski definition) is 2. The van der Waals surface area contributed by atoms with Crippen LogP contribution in [0.5, 0.6) is 0 Å². The van der Waals surface area contributed by atoms with E-state index in [0.717, 1.165) is 11.3 Å². The van der Waals surface area contributed by atoms with Gasteiger partial charge in [0.25, 0.3) is 0 Å². The minimum absolute atomic E-state index is 0.0410. The molecule has 15 heavy (non-hydrogen) atoms. The zero-order valence-corrected chi connectivity index (χ0v) is 10.1. The highest BCUT2D eigenvalue weighted by atomic mass is 35.5. The molecule has 0 saturated carbocycles. The maximum atomic E-state index is 6.30. The van der Waals surface area contributed by atoms with Crippen molar-refractivity contribution < 1.29 is 0 Å². The van der Waals surface area contributed by atoms with Crippen LogP contribution in [-0.4, -0.2) is 4.98 Å². The predicted molar refractivity (Wildman–Crippen MR) is 65.6 cm³/mol. The van der Waals surface area contributed by atoms with Crippen LogP contribution in [0.4, 0.5) is 0 Å². The molecule has 0 bridgehead atoms. The van der Waals surface area contributed by atoms with Gasteiger partial charge in [0.2, 0.25) is 0 Å². The Morgan fingerprint density at radius 1 is 1.47 bits per heavy atom. The molecule has 0 N–H and O–H groups in total. The standard InChI is InChI=1S/C12H12ClNS/c1-9-3-2-4-10(5-9)6-11(13)12-7-14-8-15-12/h2-5,7-8,11H,6H2,1H3. The lowest BCUT2D eigenvalue weighted by molar-refractivity contribution is 0.934. The van der Waals surface area contributed by atoms with Gasteiger partial charge in [0.15, 0.2) is 0 Å². The second kappa shape index (κ2) is 4.77. The van der Waals surface area contributed by atoms with Gasteiger partial charge in [-0.2, -0.15) is 0 Å². The predicted octanol–water partition coefficient (Wildman–Crippen LogP) is 3.97. The molecule has 1 aromatic carbocycles. The first-order chi connectivity index (χ1) is 7.25. The van der Waals surface area contributed by atoms with Crippen LogP contribution in [0.15, 0.2) is 36.0 Å². The maximum Gasteiger partial charge on any atom is 0.0794 e. The molecule has 78 valence electrons. The Balaban J connectivity index is 2.09. The first-order valence-electron chi connectivity index (χ1n) is 4.83. The summed E-state index contributed by atoms with van der Waals surface area (Å²) in [6.07, 6.45) is 2.71. The monoisotopic (exact) mass is 237 g/mol. The highest BCUT2D eigenvalue weighted by molar-refractivity contribution is 7.09. The Labute approximate surface area is 98.7 Å². The Hall–Kier alpha value is -0.860. The third kappa shape index (κ3) is 2.80. The van der Waals surface area contributed by atoms with E-state index in [1.54, 1.807) is 11.3 Å². The lowest BCUT2D eigenvalue weighted by atomic mass is 10.1. The number of hydrogen-bond donors (Lipinski definition) is 0. The van der Waals surface area contributed by atoms with Gasteiger partial charge in [-0.1, -0.05) is 29.8 Å². The van der Waals surface area contributed by atoms with Crippen molar-refractivity contribution in [2.45, 2.75) is 18.7 Å². The van der Waals surface area contributed by atoms with Gasteiger partial charge in [0.05, 0.1) is 10.9 Å². The van der Waals surface area contributed by atoms with E-state index in [-0.39, 0.29) is 5.38 Å². The number of alkyl halides is 1. The quantitative estimate of drug-likeness (QED) is 0.736. The van der Waals surface area contributed by atoms with Crippen molar-refractivity contribution in [1.29, 1.82) is 0 Å². The summed E-state index contributed by atoms with van der Waals surface area (Å²) < 4.78 is 0. The molecule has 0 aliphatic rings. The van der Waals surface area contributed by atoms with E-state index < -0.39 is 0 Å². The molecule has 0 radical (unpaired) electrons. The van der Waals surface area contributed by atoms with Crippen LogP contribution in [0.2, 0.25) is 0 Å². The van der Waals surface area contributed by atoms with Gasteiger partial charge in [-0.15, -0.1) is 22.9 Å². The average molecular weight is 238 g/mol. The minimum Gasteiger partial charge on any atom is -0.253 e. The molecular formula is C12H12ClNS. The molecule has 2 aromatic rings. The normalized spacial score (nSPS) is 12.7. The SMILES string of the molecule is Cc1cccc(CC(Cl)c2cncs2)c1. The van der Waals surface area contributed by atoms with E-state index in [9.17, 15) is 0 Å². The summed E-state index contributed by atoms with van der Waals surface area (Å²) in [6, 6.07) is 8.46. The zero-order chi connectivity index (χ0) is 10.7. The molecule has 1 nitrogen and oxygen atoms in total. The third-order valence-corrected chi connectivity index (χ3v) is 3.67. The summed E-state index contributed by atoms with van der Waals surface area (Å²) in [6.45, 7) is 2.10. The fraction of sp³-hybridized carbons (Fsp3) is 0.250. The Bertz CT molecular complexity index is 425. The van der Waals surface area contributed by atoms with Gasteiger partial charge >= 0.3 is 0 Å². The average Bonchev–Trinajstić information content (AvgIpc) is 2.70. The van der Waals surface area contributed by atoms with E-state index >= 15 is 0 Å². The van der Waals surface area contributed by atoms with E-state index in [4.69, 9.17) is 11.6 Å². The summed E-state index contributed by atoms with van der Waals surface area (Å²) in [5.74, 6) is 0. The smallest absolute Gasteiger partial charge is 0.0794 e. The van der Waals surface area contributed by atoms with Crippen molar-refractivity contribution >= 4 is 22.9 Å². The lowest BCUT2D eigenvalue weighted by Gasteiger charge is -2.07. The van der Waals surface area contributed by atoms with Crippen LogP contribution in [0.25, 0.3) is 0 Å². The van der Waals surface area contributed by atoms with Gasteiger partial charge in [0, 0.05) is 11.1 Å². The summed E-state index contributed by atoms with van der Waals surface area (Å²) in [5, 5.41) is 0.0410. The number of halogens is 1. The third-order valence-electron chi connectivity index (χ3n) is 2.26. The topological polar surface area (TPSA) is 12.9 Å². The molecule has 0 amide bonds. The highest BCUT2D eigenvalue weighted by Gasteiger charge is 2.10. The van der Waals surface area contributed by atoms with Crippen LogP contribution in [0.1, 0.15) is 21.4 Å². The highest BCUT2D eigenvalue weighted by Crippen LogP contribution is 2.27. The van der Waals surface area contributed by atoms with Crippen molar-refractivity contribution in [3.8, 4) is 0 Å². The van der Waals surface area contributed by atoms with Crippen LogP contribution in [0, 0.1) is 6.92 Å². The molecule has 0 saturated heterocycles. The van der Waals surface area contributed by atoms with Gasteiger partial charge in [-0.05, 0) is 18.9 Å². The largest absolute Gasteiger partial charge is 0.253 e. The number of aromatic nitrogens is 1. The minimum atomic E-state index is 0.0410. The van der Waals surface area contributed by atoms with Gasteiger partial charge in [-0.3, -0.25) is 4.98 Å². The number of nitrogens with zero attached hydrogens (tertiary/aromatic N) is 1. The van der Waals surface area contributed by atoms with Crippen LogP contribution in [0.3, 0.4) is 0 Å². The fourth-order valence-electron chi connectivity index (χ4n) is 1.53. The number of aryl methyl sites for hydroxylation is 1. The number of benzene rings is 1. The maximum absolute atomic E-state index is 6.30.